The lowest BCUT2D eigenvalue weighted by Crippen LogP contribution is -2.45. The van der Waals surface area contributed by atoms with E-state index in [1.54, 1.807) is 21.0 Å². The van der Waals surface area contributed by atoms with E-state index < -0.39 is 23.3 Å². The number of hydrogen-bond acceptors (Lipinski definition) is 5. The van der Waals surface area contributed by atoms with Crippen LogP contribution < -0.4 is 4.74 Å². The van der Waals surface area contributed by atoms with Crippen molar-refractivity contribution in [3.05, 3.63) is 71.8 Å². The molecule has 2 aromatic rings. The summed E-state index contributed by atoms with van der Waals surface area (Å²) in [7, 11) is 1.60. The Morgan fingerprint density at radius 3 is 2.03 bits per heavy atom. The lowest BCUT2D eigenvalue weighted by Gasteiger charge is -2.34. The summed E-state index contributed by atoms with van der Waals surface area (Å²) in [5, 5.41) is 0. The first-order valence-electron chi connectivity index (χ1n) is 9.84. The molecule has 2 aromatic carbocycles. The van der Waals surface area contributed by atoms with Crippen LogP contribution in [0.2, 0.25) is 0 Å². The Hall–Kier alpha value is -3.08. The number of carbonyl (C=O) groups is 2. The zero-order chi connectivity index (χ0) is 20.9. The normalized spacial score (nSPS) is 17.3. The number of ether oxygens (including phenoxy) is 3. The Balaban J connectivity index is 2.19. The van der Waals surface area contributed by atoms with Crippen molar-refractivity contribution in [3.63, 3.8) is 0 Å². The average Bonchev–Trinajstić information content (AvgIpc) is 3.16. The zero-order valence-corrected chi connectivity index (χ0v) is 17.0. The third kappa shape index (κ3) is 3.65. The number of rotatable bonds is 7. The van der Waals surface area contributed by atoms with Crippen molar-refractivity contribution >= 4 is 17.5 Å². The molecular weight excluding hydrogens is 368 g/mol. The number of esters is 2. The molecule has 0 spiro atoms. The topological polar surface area (TPSA) is 61.8 Å². The SMILES string of the molecule is CCOC(=O)C1(C(=O)OCC)C(c2ccccc2)=CCC1c1ccc(OC)cc1. The molecule has 0 aliphatic heterocycles. The second-order valence-corrected chi connectivity index (χ2v) is 6.79. The monoisotopic (exact) mass is 394 g/mol. The van der Waals surface area contributed by atoms with Crippen LogP contribution >= 0.6 is 0 Å². The largest absolute Gasteiger partial charge is 0.497 e. The van der Waals surface area contributed by atoms with Crippen molar-refractivity contribution in [1.82, 2.24) is 0 Å². The number of hydrogen-bond donors (Lipinski definition) is 0. The number of benzene rings is 2. The van der Waals surface area contributed by atoms with Crippen molar-refractivity contribution in [3.8, 4) is 5.75 Å². The van der Waals surface area contributed by atoms with Crippen molar-refractivity contribution in [2.45, 2.75) is 26.2 Å². The van der Waals surface area contributed by atoms with Gasteiger partial charge in [0.2, 0.25) is 0 Å². The van der Waals surface area contributed by atoms with Gasteiger partial charge < -0.3 is 14.2 Å². The van der Waals surface area contributed by atoms with E-state index in [2.05, 4.69) is 0 Å². The van der Waals surface area contributed by atoms with E-state index in [1.165, 1.54) is 0 Å². The third-order valence-electron chi connectivity index (χ3n) is 5.30. The molecule has 0 aromatic heterocycles. The predicted octanol–water partition coefficient (Wildman–Crippen LogP) is 4.38. The van der Waals surface area contributed by atoms with Gasteiger partial charge in [0.25, 0.3) is 0 Å². The lowest BCUT2D eigenvalue weighted by atomic mass is 9.69. The van der Waals surface area contributed by atoms with E-state index in [0.717, 1.165) is 11.1 Å². The minimum absolute atomic E-state index is 0.178. The van der Waals surface area contributed by atoms with Gasteiger partial charge in [-0.05, 0) is 49.1 Å². The molecule has 1 aliphatic carbocycles. The number of carbonyl (C=O) groups excluding carboxylic acids is 2. The summed E-state index contributed by atoms with van der Waals surface area (Å²) in [5.74, 6) is -0.874. The van der Waals surface area contributed by atoms with Gasteiger partial charge >= 0.3 is 11.9 Å². The Morgan fingerprint density at radius 2 is 1.52 bits per heavy atom. The fourth-order valence-corrected chi connectivity index (χ4v) is 4.02. The molecule has 0 radical (unpaired) electrons. The quantitative estimate of drug-likeness (QED) is 0.515. The van der Waals surface area contributed by atoms with Crippen LogP contribution in [0.15, 0.2) is 60.7 Å². The molecule has 0 heterocycles. The van der Waals surface area contributed by atoms with Crippen LogP contribution in [0.25, 0.3) is 5.57 Å². The van der Waals surface area contributed by atoms with Crippen molar-refractivity contribution < 1.29 is 23.8 Å². The molecule has 29 heavy (non-hydrogen) atoms. The van der Waals surface area contributed by atoms with Crippen molar-refractivity contribution in [1.29, 1.82) is 0 Å². The first kappa shape index (κ1) is 20.6. The Morgan fingerprint density at radius 1 is 0.931 bits per heavy atom. The van der Waals surface area contributed by atoms with Crippen LogP contribution in [0.1, 0.15) is 37.3 Å². The highest BCUT2D eigenvalue weighted by molar-refractivity contribution is 6.14. The maximum atomic E-state index is 13.4. The average molecular weight is 394 g/mol. The Labute approximate surface area is 171 Å². The van der Waals surface area contributed by atoms with Gasteiger partial charge in [-0.25, -0.2) is 0 Å². The Kier molecular flexibility index (Phi) is 6.37. The molecule has 0 N–H and O–H groups in total. The molecule has 0 fully saturated rings. The second-order valence-electron chi connectivity index (χ2n) is 6.79. The van der Waals surface area contributed by atoms with Gasteiger partial charge in [-0.15, -0.1) is 0 Å². The smallest absolute Gasteiger partial charge is 0.328 e. The fourth-order valence-electron chi connectivity index (χ4n) is 4.02. The molecule has 1 atom stereocenters. The summed E-state index contributed by atoms with van der Waals surface area (Å²) in [6, 6.07) is 16.9. The van der Waals surface area contributed by atoms with Crippen LogP contribution in [0, 0.1) is 5.41 Å². The molecule has 0 bridgehead atoms. The van der Waals surface area contributed by atoms with E-state index in [0.29, 0.717) is 17.7 Å². The first-order chi connectivity index (χ1) is 14.1. The minimum atomic E-state index is -1.55. The maximum Gasteiger partial charge on any atom is 0.328 e. The molecule has 0 saturated heterocycles. The Bertz CT molecular complexity index is 865. The summed E-state index contributed by atoms with van der Waals surface area (Å²) in [6.07, 6.45) is 2.48. The van der Waals surface area contributed by atoms with Gasteiger partial charge in [0.15, 0.2) is 5.41 Å². The summed E-state index contributed by atoms with van der Waals surface area (Å²) < 4.78 is 16.1. The summed E-state index contributed by atoms with van der Waals surface area (Å²) in [6.45, 7) is 3.83. The molecule has 0 saturated carbocycles. The molecule has 5 heteroatoms. The summed E-state index contributed by atoms with van der Waals surface area (Å²) in [5.41, 5.74) is 0.747. The third-order valence-corrected chi connectivity index (χ3v) is 5.30. The van der Waals surface area contributed by atoms with Gasteiger partial charge in [0.05, 0.1) is 20.3 Å². The van der Waals surface area contributed by atoms with Gasteiger partial charge in [-0.3, -0.25) is 9.59 Å². The van der Waals surface area contributed by atoms with E-state index in [4.69, 9.17) is 14.2 Å². The second kappa shape index (κ2) is 8.95. The maximum absolute atomic E-state index is 13.4. The number of methoxy groups -OCH3 is 1. The first-order valence-corrected chi connectivity index (χ1v) is 9.84. The van der Waals surface area contributed by atoms with Crippen LogP contribution in [0.3, 0.4) is 0 Å². The van der Waals surface area contributed by atoms with Gasteiger partial charge in [0.1, 0.15) is 5.75 Å². The van der Waals surface area contributed by atoms with Crippen molar-refractivity contribution in [2.75, 3.05) is 20.3 Å². The van der Waals surface area contributed by atoms with E-state index >= 15 is 0 Å². The molecule has 1 unspecified atom stereocenters. The number of allylic oxidation sites excluding steroid dienone is 1. The van der Waals surface area contributed by atoms with E-state index in [1.807, 2.05) is 60.7 Å². The molecule has 1 aliphatic rings. The minimum Gasteiger partial charge on any atom is -0.497 e. The van der Waals surface area contributed by atoms with E-state index in [-0.39, 0.29) is 13.2 Å². The van der Waals surface area contributed by atoms with Crippen LogP contribution in [-0.2, 0) is 19.1 Å². The summed E-state index contributed by atoms with van der Waals surface area (Å²) in [4.78, 5) is 26.8. The zero-order valence-electron chi connectivity index (χ0n) is 17.0. The molecule has 5 nitrogen and oxygen atoms in total. The predicted molar refractivity (Wildman–Crippen MR) is 110 cm³/mol. The van der Waals surface area contributed by atoms with Gasteiger partial charge in [-0.2, -0.15) is 0 Å². The fraction of sp³-hybridized carbons (Fsp3) is 0.333. The highest BCUT2D eigenvalue weighted by atomic mass is 16.6. The molecule has 152 valence electrons. The molecule has 0 amide bonds. The highest BCUT2D eigenvalue weighted by Gasteiger charge is 2.60. The van der Waals surface area contributed by atoms with E-state index in [9.17, 15) is 9.59 Å². The highest BCUT2D eigenvalue weighted by Crippen LogP contribution is 2.55. The van der Waals surface area contributed by atoms with Crippen LogP contribution in [0.5, 0.6) is 5.75 Å². The standard InChI is InChI=1S/C24H26O5/c1-4-28-22(25)24(23(26)29-5-2)20(17-9-7-6-8-10-17)15-16-21(24)18-11-13-19(27-3)14-12-18/h6-15,21H,4-5,16H2,1-3H3. The summed E-state index contributed by atoms with van der Waals surface area (Å²) >= 11 is 0. The molecular formula is C24H26O5. The van der Waals surface area contributed by atoms with Gasteiger partial charge in [-0.1, -0.05) is 48.5 Å². The molecule has 3 rings (SSSR count). The lowest BCUT2D eigenvalue weighted by molar-refractivity contribution is -0.168. The van der Waals surface area contributed by atoms with Crippen LogP contribution in [0.4, 0.5) is 0 Å². The van der Waals surface area contributed by atoms with Crippen molar-refractivity contribution in [2.24, 2.45) is 5.41 Å². The van der Waals surface area contributed by atoms with Gasteiger partial charge in [0, 0.05) is 5.92 Å². The van der Waals surface area contributed by atoms with Crippen LogP contribution in [-0.4, -0.2) is 32.3 Å².